The zero-order chi connectivity index (χ0) is 10.8. The standard InChI is InChI=1S/C11H14FNO2.H2S/c1-13-6-9(7-14-2)15-11-5-8(12)3-4-10(11)13;/h3-5,9H,6-7H2,1-2H3;1H2/t9-;/m0./s1. The van der Waals surface area contributed by atoms with Crippen LogP contribution in [0.4, 0.5) is 10.1 Å². The summed E-state index contributed by atoms with van der Waals surface area (Å²) in [5.41, 5.74) is 0.920. The average Bonchev–Trinajstić information content (AvgIpc) is 2.17. The van der Waals surface area contributed by atoms with Crippen LogP contribution in [-0.4, -0.2) is 33.4 Å². The normalized spacial score (nSPS) is 18.4. The summed E-state index contributed by atoms with van der Waals surface area (Å²) in [7, 11) is 3.59. The number of likely N-dealkylation sites (N-methyl/N-ethyl adjacent to an activating group) is 1. The Morgan fingerprint density at radius 3 is 3.00 bits per heavy atom. The van der Waals surface area contributed by atoms with E-state index in [-0.39, 0.29) is 25.4 Å². The molecule has 5 heteroatoms. The second kappa shape index (κ2) is 5.41. The Morgan fingerprint density at radius 1 is 1.56 bits per heavy atom. The minimum Gasteiger partial charge on any atom is -0.484 e. The lowest BCUT2D eigenvalue weighted by atomic mass is 10.2. The molecule has 1 aromatic carbocycles. The molecule has 90 valence electrons. The lowest BCUT2D eigenvalue weighted by Gasteiger charge is -2.33. The van der Waals surface area contributed by atoms with Gasteiger partial charge in [0.25, 0.3) is 0 Å². The highest BCUT2D eigenvalue weighted by atomic mass is 32.1. The molecule has 3 nitrogen and oxygen atoms in total. The number of hydrogen-bond acceptors (Lipinski definition) is 3. The number of methoxy groups -OCH3 is 1. The summed E-state index contributed by atoms with van der Waals surface area (Å²) in [6, 6.07) is 4.58. The fraction of sp³-hybridized carbons (Fsp3) is 0.455. The Kier molecular flexibility index (Phi) is 4.44. The van der Waals surface area contributed by atoms with Crippen molar-refractivity contribution in [3.05, 3.63) is 24.0 Å². The molecule has 1 heterocycles. The van der Waals surface area contributed by atoms with E-state index in [0.29, 0.717) is 12.4 Å². The molecule has 1 atom stereocenters. The molecular weight excluding hydrogens is 229 g/mol. The zero-order valence-corrected chi connectivity index (χ0v) is 10.4. The molecule has 2 rings (SSSR count). The molecule has 0 saturated carbocycles. The van der Waals surface area contributed by atoms with Crippen LogP contribution < -0.4 is 9.64 Å². The number of nitrogens with zero attached hydrogens (tertiary/aromatic N) is 1. The van der Waals surface area contributed by atoms with E-state index in [1.165, 1.54) is 12.1 Å². The van der Waals surface area contributed by atoms with Gasteiger partial charge < -0.3 is 14.4 Å². The van der Waals surface area contributed by atoms with Crippen molar-refractivity contribution in [2.45, 2.75) is 6.10 Å². The molecule has 16 heavy (non-hydrogen) atoms. The van der Waals surface area contributed by atoms with E-state index in [1.54, 1.807) is 13.2 Å². The van der Waals surface area contributed by atoms with Gasteiger partial charge in [0, 0.05) is 20.2 Å². The number of rotatable bonds is 2. The number of benzene rings is 1. The molecule has 1 aliphatic heterocycles. The molecule has 0 aliphatic carbocycles. The van der Waals surface area contributed by atoms with Gasteiger partial charge in [0.2, 0.25) is 0 Å². The largest absolute Gasteiger partial charge is 0.484 e. The van der Waals surface area contributed by atoms with Crippen LogP contribution in [0.25, 0.3) is 0 Å². The van der Waals surface area contributed by atoms with E-state index in [1.807, 2.05) is 11.9 Å². The third-order valence-electron chi connectivity index (χ3n) is 2.46. The van der Waals surface area contributed by atoms with Gasteiger partial charge in [-0.3, -0.25) is 0 Å². The molecular formula is C11H16FNO2S. The highest BCUT2D eigenvalue weighted by molar-refractivity contribution is 7.59. The van der Waals surface area contributed by atoms with Crippen LogP contribution in [0, 0.1) is 5.82 Å². The molecule has 0 fully saturated rings. The highest BCUT2D eigenvalue weighted by Crippen LogP contribution is 2.32. The van der Waals surface area contributed by atoms with E-state index < -0.39 is 0 Å². The van der Waals surface area contributed by atoms with E-state index >= 15 is 0 Å². The minimum atomic E-state index is -0.278. The van der Waals surface area contributed by atoms with Crippen LogP contribution in [0.2, 0.25) is 0 Å². The van der Waals surface area contributed by atoms with Gasteiger partial charge in [-0.15, -0.1) is 0 Å². The zero-order valence-electron chi connectivity index (χ0n) is 9.37. The lowest BCUT2D eigenvalue weighted by molar-refractivity contribution is 0.0799. The Balaban J connectivity index is 0.00000128. The third kappa shape index (κ3) is 2.59. The first-order valence-electron chi connectivity index (χ1n) is 4.87. The van der Waals surface area contributed by atoms with Crippen molar-refractivity contribution in [3.63, 3.8) is 0 Å². The molecule has 0 aromatic heterocycles. The first-order valence-corrected chi connectivity index (χ1v) is 4.87. The van der Waals surface area contributed by atoms with Crippen LogP contribution in [0.1, 0.15) is 0 Å². The second-order valence-corrected chi connectivity index (χ2v) is 3.69. The molecule has 0 saturated heterocycles. The number of fused-ring (bicyclic) bond motifs is 1. The molecule has 1 aliphatic rings. The Morgan fingerprint density at radius 2 is 2.31 bits per heavy atom. The molecule has 0 unspecified atom stereocenters. The van der Waals surface area contributed by atoms with Gasteiger partial charge in [-0.2, -0.15) is 13.5 Å². The minimum absolute atomic E-state index is 0. The molecule has 0 amide bonds. The molecule has 0 N–H and O–H groups in total. The van der Waals surface area contributed by atoms with E-state index in [4.69, 9.17) is 9.47 Å². The molecule has 0 spiro atoms. The van der Waals surface area contributed by atoms with Gasteiger partial charge >= 0.3 is 0 Å². The van der Waals surface area contributed by atoms with Gasteiger partial charge in [-0.25, -0.2) is 4.39 Å². The Labute approximate surface area is 102 Å². The molecule has 0 radical (unpaired) electrons. The predicted molar refractivity (Wildman–Crippen MR) is 66.3 cm³/mol. The number of ether oxygens (including phenoxy) is 2. The van der Waals surface area contributed by atoms with E-state index in [0.717, 1.165) is 12.2 Å². The van der Waals surface area contributed by atoms with Crippen molar-refractivity contribution in [3.8, 4) is 5.75 Å². The van der Waals surface area contributed by atoms with Crippen molar-refractivity contribution in [1.29, 1.82) is 0 Å². The maximum absolute atomic E-state index is 13.0. The van der Waals surface area contributed by atoms with Crippen LogP contribution in [0.3, 0.4) is 0 Å². The SMILES string of the molecule is COC[C@@H]1CN(C)c2ccc(F)cc2O1.S. The summed E-state index contributed by atoms with van der Waals surface area (Å²) >= 11 is 0. The highest BCUT2D eigenvalue weighted by Gasteiger charge is 2.23. The maximum atomic E-state index is 13.0. The van der Waals surface area contributed by atoms with Crippen molar-refractivity contribution in [2.24, 2.45) is 0 Å². The van der Waals surface area contributed by atoms with Gasteiger partial charge in [0.15, 0.2) is 0 Å². The fourth-order valence-electron chi connectivity index (χ4n) is 1.79. The van der Waals surface area contributed by atoms with Crippen LogP contribution in [0.15, 0.2) is 18.2 Å². The summed E-state index contributed by atoms with van der Waals surface area (Å²) < 4.78 is 23.7. The quantitative estimate of drug-likeness (QED) is 0.793. The molecule has 1 aromatic rings. The van der Waals surface area contributed by atoms with E-state index in [2.05, 4.69) is 0 Å². The lowest BCUT2D eigenvalue weighted by Crippen LogP contribution is -2.40. The van der Waals surface area contributed by atoms with Crippen molar-refractivity contribution >= 4 is 19.2 Å². The van der Waals surface area contributed by atoms with Gasteiger partial charge in [0.05, 0.1) is 18.8 Å². The summed E-state index contributed by atoms with van der Waals surface area (Å²) in [4.78, 5) is 2.04. The first kappa shape index (κ1) is 13.1. The van der Waals surface area contributed by atoms with Gasteiger partial charge in [0.1, 0.15) is 17.7 Å². The van der Waals surface area contributed by atoms with Crippen LogP contribution >= 0.6 is 13.5 Å². The summed E-state index contributed by atoms with van der Waals surface area (Å²) in [5, 5.41) is 0. The number of halogens is 1. The van der Waals surface area contributed by atoms with Gasteiger partial charge in [-0.05, 0) is 12.1 Å². The van der Waals surface area contributed by atoms with Crippen molar-refractivity contribution in [2.75, 3.05) is 32.2 Å². The smallest absolute Gasteiger partial charge is 0.146 e. The topological polar surface area (TPSA) is 21.7 Å². The monoisotopic (exact) mass is 245 g/mol. The van der Waals surface area contributed by atoms with Crippen molar-refractivity contribution in [1.82, 2.24) is 0 Å². The van der Waals surface area contributed by atoms with Crippen LogP contribution in [-0.2, 0) is 4.74 Å². The maximum Gasteiger partial charge on any atom is 0.146 e. The number of hydrogen-bond donors (Lipinski definition) is 0. The second-order valence-electron chi connectivity index (χ2n) is 3.69. The summed E-state index contributed by atoms with van der Waals surface area (Å²) in [6.07, 6.45) is -0.0331. The summed E-state index contributed by atoms with van der Waals surface area (Å²) in [5.74, 6) is 0.311. The third-order valence-corrected chi connectivity index (χ3v) is 2.46. The fourth-order valence-corrected chi connectivity index (χ4v) is 1.79. The summed E-state index contributed by atoms with van der Waals surface area (Å²) in [6.45, 7) is 1.27. The Hall–Kier alpha value is -0.940. The van der Waals surface area contributed by atoms with E-state index in [9.17, 15) is 4.39 Å². The van der Waals surface area contributed by atoms with Crippen molar-refractivity contribution < 1.29 is 13.9 Å². The Bertz CT molecular complexity index is 362. The predicted octanol–water partition coefficient (Wildman–Crippen LogP) is 1.78. The number of anilines is 1. The van der Waals surface area contributed by atoms with Gasteiger partial charge in [-0.1, -0.05) is 0 Å². The average molecular weight is 245 g/mol. The molecule has 0 bridgehead atoms. The van der Waals surface area contributed by atoms with Crippen LogP contribution in [0.5, 0.6) is 5.75 Å². The first-order chi connectivity index (χ1) is 7.20.